The van der Waals surface area contributed by atoms with Crippen molar-refractivity contribution in [2.45, 2.75) is 11.8 Å². The van der Waals surface area contributed by atoms with Gasteiger partial charge in [0, 0.05) is 41.3 Å². The maximum Gasteiger partial charge on any atom is 0.242 e. The zero-order valence-electron chi connectivity index (χ0n) is 16.4. The second-order valence-electron chi connectivity index (χ2n) is 7.23. The Morgan fingerprint density at radius 3 is 2.34 bits per heavy atom. The maximum atomic E-state index is 12.4. The summed E-state index contributed by atoms with van der Waals surface area (Å²) in [6, 6.07) is 21.3. The number of hydrogen-bond donors (Lipinski definition) is 1. The third kappa shape index (κ3) is 3.57. The number of hydrogen-bond acceptors (Lipinski definition) is 2. The van der Waals surface area contributed by atoms with Crippen molar-refractivity contribution in [1.29, 1.82) is 0 Å². The standard InChI is InChI=1S/C23H21ClN2O2S/c1-15-12-18(29(27,28)26(2)3)9-10-19(15)16-8-11-22-17(13-16)14-23(25-22)20-6-4-5-7-21(20)24/h4-14,25H,1-3H3. The molecule has 3 aromatic carbocycles. The van der Waals surface area contributed by atoms with Crippen LogP contribution in [-0.2, 0) is 10.0 Å². The van der Waals surface area contributed by atoms with E-state index < -0.39 is 10.0 Å². The molecule has 0 radical (unpaired) electrons. The zero-order chi connectivity index (χ0) is 20.8. The second kappa shape index (κ2) is 7.34. The molecule has 0 spiro atoms. The van der Waals surface area contributed by atoms with Crippen LogP contribution in [0.4, 0.5) is 0 Å². The number of aromatic nitrogens is 1. The molecule has 0 fully saturated rings. The van der Waals surface area contributed by atoms with Gasteiger partial charge in [0.25, 0.3) is 0 Å². The summed E-state index contributed by atoms with van der Waals surface area (Å²) in [6.45, 7) is 1.93. The summed E-state index contributed by atoms with van der Waals surface area (Å²) in [5.74, 6) is 0. The molecule has 0 aliphatic carbocycles. The van der Waals surface area contributed by atoms with E-state index in [0.717, 1.165) is 38.9 Å². The van der Waals surface area contributed by atoms with Gasteiger partial charge < -0.3 is 4.98 Å². The van der Waals surface area contributed by atoms with Gasteiger partial charge in [-0.2, -0.15) is 0 Å². The van der Waals surface area contributed by atoms with Crippen LogP contribution >= 0.6 is 11.6 Å². The van der Waals surface area contributed by atoms with Crippen molar-refractivity contribution in [3.8, 4) is 22.4 Å². The molecule has 1 N–H and O–H groups in total. The lowest BCUT2D eigenvalue weighted by Crippen LogP contribution is -2.22. The van der Waals surface area contributed by atoms with E-state index in [1.54, 1.807) is 12.1 Å². The van der Waals surface area contributed by atoms with Gasteiger partial charge in [-0.25, -0.2) is 12.7 Å². The van der Waals surface area contributed by atoms with Gasteiger partial charge in [0.05, 0.1) is 4.90 Å². The Kier molecular flexibility index (Phi) is 4.99. The predicted molar refractivity (Wildman–Crippen MR) is 120 cm³/mol. The monoisotopic (exact) mass is 424 g/mol. The fourth-order valence-corrected chi connectivity index (χ4v) is 4.68. The van der Waals surface area contributed by atoms with E-state index in [4.69, 9.17) is 11.6 Å². The lowest BCUT2D eigenvalue weighted by molar-refractivity contribution is 0.520. The topological polar surface area (TPSA) is 53.2 Å². The van der Waals surface area contributed by atoms with Crippen molar-refractivity contribution < 1.29 is 8.42 Å². The molecule has 148 valence electrons. The number of H-pyrrole nitrogens is 1. The van der Waals surface area contributed by atoms with Crippen molar-refractivity contribution in [2.24, 2.45) is 0 Å². The van der Waals surface area contributed by atoms with Gasteiger partial charge in [-0.15, -0.1) is 0 Å². The highest BCUT2D eigenvalue weighted by Gasteiger charge is 2.18. The number of sulfonamides is 1. The van der Waals surface area contributed by atoms with E-state index in [1.165, 1.54) is 18.4 Å². The number of benzene rings is 3. The molecule has 4 aromatic rings. The molecule has 1 heterocycles. The Morgan fingerprint density at radius 1 is 0.897 bits per heavy atom. The quantitative estimate of drug-likeness (QED) is 0.456. The summed E-state index contributed by atoms with van der Waals surface area (Å²) >= 11 is 6.34. The summed E-state index contributed by atoms with van der Waals surface area (Å²) < 4.78 is 26.0. The lowest BCUT2D eigenvalue weighted by Gasteiger charge is -2.13. The lowest BCUT2D eigenvalue weighted by atomic mass is 9.99. The van der Waals surface area contributed by atoms with Gasteiger partial charge in [0.2, 0.25) is 10.0 Å². The molecule has 4 nitrogen and oxygen atoms in total. The SMILES string of the molecule is Cc1cc(S(=O)(=O)N(C)C)ccc1-c1ccc2[nH]c(-c3ccccc3Cl)cc2c1. The van der Waals surface area contributed by atoms with Crippen LogP contribution in [0.5, 0.6) is 0 Å². The van der Waals surface area contributed by atoms with E-state index in [1.807, 2.05) is 49.4 Å². The Morgan fingerprint density at radius 2 is 1.66 bits per heavy atom. The van der Waals surface area contributed by atoms with Crippen molar-refractivity contribution in [3.05, 3.63) is 77.3 Å². The van der Waals surface area contributed by atoms with Crippen LogP contribution in [0, 0.1) is 6.92 Å². The normalized spacial score (nSPS) is 12.0. The minimum atomic E-state index is -3.45. The van der Waals surface area contributed by atoms with Gasteiger partial charge in [0.1, 0.15) is 0 Å². The van der Waals surface area contributed by atoms with Crippen LogP contribution in [0.2, 0.25) is 5.02 Å². The third-order valence-electron chi connectivity index (χ3n) is 5.07. The molecule has 4 rings (SSSR count). The molecule has 0 bridgehead atoms. The number of rotatable bonds is 4. The summed E-state index contributed by atoms with van der Waals surface area (Å²) in [6.07, 6.45) is 0. The molecule has 6 heteroatoms. The molecule has 29 heavy (non-hydrogen) atoms. The van der Waals surface area contributed by atoms with Crippen LogP contribution < -0.4 is 0 Å². The molecule has 0 amide bonds. The third-order valence-corrected chi connectivity index (χ3v) is 7.21. The molecular weight excluding hydrogens is 404 g/mol. The maximum absolute atomic E-state index is 12.4. The van der Waals surface area contributed by atoms with Crippen molar-refractivity contribution in [1.82, 2.24) is 9.29 Å². The molecular formula is C23H21ClN2O2S. The fourth-order valence-electron chi connectivity index (χ4n) is 3.46. The number of nitrogens with zero attached hydrogens (tertiary/aromatic N) is 1. The van der Waals surface area contributed by atoms with Gasteiger partial charge in [-0.1, -0.05) is 41.9 Å². The van der Waals surface area contributed by atoms with Crippen LogP contribution in [0.3, 0.4) is 0 Å². The molecule has 0 aliphatic rings. The highest BCUT2D eigenvalue weighted by Crippen LogP contribution is 2.33. The Balaban J connectivity index is 1.76. The Labute approximate surface area is 175 Å². The minimum absolute atomic E-state index is 0.299. The van der Waals surface area contributed by atoms with E-state index in [-0.39, 0.29) is 0 Å². The summed E-state index contributed by atoms with van der Waals surface area (Å²) in [4.78, 5) is 3.72. The first kappa shape index (κ1) is 19.7. The largest absolute Gasteiger partial charge is 0.354 e. The van der Waals surface area contributed by atoms with Gasteiger partial charge >= 0.3 is 0 Å². The smallest absolute Gasteiger partial charge is 0.242 e. The van der Waals surface area contributed by atoms with Crippen molar-refractivity contribution in [3.63, 3.8) is 0 Å². The number of halogens is 1. The van der Waals surface area contributed by atoms with E-state index in [0.29, 0.717) is 9.92 Å². The Bertz CT molecular complexity index is 1320. The predicted octanol–water partition coefficient (Wildman–Crippen LogP) is 5.71. The average Bonchev–Trinajstić information content (AvgIpc) is 3.11. The first-order chi connectivity index (χ1) is 13.8. The fraction of sp³-hybridized carbons (Fsp3) is 0.130. The van der Waals surface area contributed by atoms with E-state index >= 15 is 0 Å². The highest BCUT2D eigenvalue weighted by atomic mass is 35.5. The van der Waals surface area contributed by atoms with E-state index in [2.05, 4.69) is 17.1 Å². The van der Waals surface area contributed by atoms with Crippen molar-refractivity contribution in [2.75, 3.05) is 14.1 Å². The van der Waals surface area contributed by atoms with Gasteiger partial charge in [0.15, 0.2) is 0 Å². The Hall–Kier alpha value is -2.60. The second-order valence-corrected chi connectivity index (χ2v) is 9.79. The minimum Gasteiger partial charge on any atom is -0.354 e. The summed E-state index contributed by atoms with van der Waals surface area (Å²) in [5.41, 5.74) is 5.90. The number of fused-ring (bicyclic) bond motifs is 1. The number of nitrogens with one attached hydrogen (secondary N) is 1. The number of aryl methyl sites for hydroxylation is 1. The molecule has 0 saturated carbocycles. The molecule has 1 aromatic heterocycles. The van der Waals surface area contributed by atoms with Crippen LogP contribution in [0.25, 0.3) is 33.3 Å². The van der Waals surface area contributed by atoms with E-state index in [9.17, 15) is 8.42 Å². The zero-order valence-corrected chi connectivity index (χ0v) is 18.0. The first-order valence-corrected chi connectivity index (χ1v) is 11.0. The molecule has 0 aliphatic heterocycles. The number of aromatic amines is 1. The van der Waals surface area contributed by atoms with Gasteiger partial charge in [-0.05, 0) is 60.0 Å². The van der Waals surface area contributed by atoms with Crippen LogP contribution in [0.15, 0.2) is 71.6 Å². The van der Waals surface area contributed by atoms with Crippen LogP contribution in [0.1, 0.15) is 5.56 Å². The summed E-state index contributed by atoms with van der Waals surface area (Å²) in [5, 5.41) is 1.77. The molecule has 0 saturated heterocycles. The summed E-state index contributed by atoms with van der Waals surface area (Å²) in [7, 11) is -0.375. The molecule has 0 unspecified atom stereocenters. The average molecular weight is 425 g/mol. The van der Waals surface area contributed by atoms with Gasteiger partial charge in [-0.3, -0.25) is 0 Å². The highest BCUT2D eigenvalue weighted by molar-refractivity contribution is 7.89. The van der Waals surface area contributed by atoms with Crippen molar-refractivity contribution >= 4 is 32.5 Å². The molecule has 0 atom stereocenters. The van der Waals surface area contributed by atoms with Crippen LogP contribution in [-0.4, -0.2) is 31.8 Å². The first-order valence-electron chi connectivity index (χ1n) is 9.18.